The van der Waals surface area contributed by atoms with E-state index in [0.29, 0.717) is 13.2 Å². The van der Waals surface area contributed by atoms with Gasteiger partial charge in [0.05, 0.1) is 0 Å². The van der Waals surface area contributed by atoms with Gasteiger partial charge in [-0.1, -0.05) is 37.8 Å². The van der Waals surface area contributed by atoms with Gasteiger partial charge in [0.15, 0.2) is 5.96 Å². The van der Waals surface area contributed by atoms with E-state index in [1.165, 1.54) is 0 Å². The van der Waals surface area contributed by atoms with E-state index in [-0.39, 0.29) is 0 Å². The molecule has 0 amide bonds. The van der Waals surface area contributed by atoms with Crippen LogP contribution in [0, 0.1) is 0 Å². The topological polar surface area (TPSA) is 76.4 Å². The predicted octanol–water partition coefficient (Wildman–Crippen LogP) is 1.77. The maximum Gasteiger partial charge on any atom is 0.191 e. The molecule has 0 bridgehead atoms. The molecule has 7 heteroatoms. The lowest BCUT2D eigenvalue weighted by Gasteiger charge is -2.14. The molecule has 0 aliphatic heterocycles. The second kappa shape index (κ2) is 10.1. The number of ether oxygens (including phenoxy) is 1. The fraction of sp³-hybridized carbons (Fsp3) is 0.389. The van der Waals surface area contributed by atoms with E-state index >= 15 is 0 Å². The summed E-state index contributed by atoms with van der Waals surface area (Å²) in [7, 11) is 1.76. The number of guanidine groups is 1. The monoisotopic (exact) mass is 342 g/mol. The Bertz CT molecular complexity index is 694. The second-order valence-corrected chi connectivity index (χ2v) is 5.35. The summed E-state index contributed by atoms with van der Waals surface area (Å²) in [5.41, 5.74) is 1.07. The molecule has 2 rings (SSSR count). The smallest absolute Gasteiger partial charge is 0.191 e. The molecule has 0 saturated heterocycles. The predicted molar refractivity (Wildman–Crippen MR) is 99.7 cm³/mol. The van der Waals surface area contributed by atoms with Crippen molar-refractivity contribution in [3.05, 3.63) is 54.6 Å². The van der Waals surface area contributed by atoms with Crippen LogP contribution in [0.2, 0.25) is 0 Å². The largest absolute Gasteiger partial charge is 0.489 e. The number of hydrogen-bond acceptors (Lipinski definition) is 4. The van der Waals surface area contributed by atoms with Crippen molar-refractivity contribution in [3.8, 4) is 5.75 Å². The summed E-state index contributed by atoms with van der Waals surface area (Å²) < 4.78 is 7.71. The van der Waals surface area contributed by atoms with Crippen molar-refractivity contribution in [1.82, 2.24) is 25.4 Å². The summed E-state index contributed by atoms with van der Waals surface area (Å²) in [6.45, 7) is 8.39. The Hall–Kier alpha value is -2.83. The molecule has 0 unspecified atom stereocenters. The average molecular weight is 342 g/mol. The lowest BCUT2D eigenvalue weighted by Crippen LogP contribution is -2.38. The maximum absolute atomic E-state index is 5.67. The van der Waals surface area contributed by atoms with E-state index in [2.05, 4.69) is 39.3 Å². The summed E-state index contributed by atoms with van der Waals surface area (Å²) >= 11 is 0. The molecule has 0 fully saturated rings. The molecular formula is C18H26N6O. The number of hydrogen-bond donors (Lipinski definition) is 2. The van der Waals surface area contributed by atoms with Gasteiger partial charge in [-0.15, -0.1) is 10.2 Å². The van der Waals surface area contributed by atoms with Crippen molar-refractivity contribution in [3.63, 3.8) is 0 Å². The van der Waals surface area contributed by atoms with Gasteiger partial charge in [-0.25, -0.2) is 0 Å². The van der Waals surface area contributed by atoms with Crippen molar-refractivity contribution in [2.45, 2.75) is 26.4 Å². The van der Waals surface area contributed by atoms with Crippen LogP contribution in [-0.2, 0) is 19.5 Å². The van der Waals surface area contributed by atoms with Crippen molar-refractivity contribution in [2.75, 3.05) is 20.2 Å². The summed E-state index contributed by atoms with van der Waals surface area (Å²) in [5.74, 6) is 2.57. The number of aryl methyl sites for hydroxylation is 1. The normalized spacial score (nSPS) is 11.2. The van der Waals surface area contributed by atoms with Crippen LogP contribution in [0.5, 0.6) is 5.75 Å². The first-order chi connectivity index (χ1) is 12.3. The van der Waals surface area contributed by atoms with Gasteiger partial charge in [0.25, 0.3) is 0 Å². The quantitative estimate of drug-likeness (QED) is 0.413. The molecule has 134 valence electrons. The lowest BCUT2D eigenvalue weighted by atomic mass is 10.2. The third-order valence-electron chi connectivity index (χ3n) is 3.66. The Morgan fingerprint density at radius 2 is 2.20 bits per heavy atom. The number of nitrogens with zero attached hydrogens (tertiary/aromatic N) is 4. The molecule has 0 radical (unpaired) electrons. The van der Waals surface area contributed by atoms with Crippen LogP contribution in [0.4, 0.5) is 0 Å². The van der Waals surface area contributed by atoms with Crippen LogP contribution in [0.25, 0.3) is 0 Å². The highest BCUT2D eigenvalue weighted by Crippen LogP contribution is 2.17. The molecule has 2 aromatic rings. The molecule has 7 nitrogen and oxygen atoms in total. The average Bonchev–Trinajstić information content (AvgIpc) is 3.11. The highest BCUT2D eigenvalue weighted by Gasteiger charge is 2.05. The van der Waals surface area contributed by atoms with Gasteiger partial charge < -0.3 is 19.9 Å². The third-order valence-corrected chi connectivity index (χ3v) is 3.66. The summed E-state index contributed by atoms with van der Waals surface area (Å²) in [6.07, 6.45) is 4.36. The molecular weight excluding hydrogens is 316 g/mol. The lowest BCUT2D eigenvalue weighted by molar-refractivity contribution is 0.358. The molecule has 2 N–H and O–H groups in total. The molecule has 0 aliphatic carbocycles. The fourth-order valence-electron chi connectivity index (χ4n) is 2.37. The van der Waals surface area contributed by atoms with Crippen LogP contribution in [0.15, 0.2) is 48.2 Å². The van der Waals surface area contributed by atoms with E-state index in [4.69, 9.17) is 4.74 Å². The van der Waals surface area contributed by atoms with Crippen molar-refractivity contribution >= 4 is 5.96 Å². The van der Waals surface area contributed by atoms with Gasteiger partial charge in [0.1, 0.15) is 24.5 Å². The van der Waals surface area contributed by atoms with Gasteiger partial charge in [0, 0.05) is 38.7 Å². The molecule has 25 heavy (non-hydrogen) atoms. The minimum atomic E-state index is 0.489. The highest BCUT2D eigenvalue weighted by molar-refractivity contribution is 5.79. The Kier molecular flexibility index (Phi) is 7.49. The number of nitrogens with one attached hydrogen (secondary N) is 2. The SMILES string of the molecule is C=CCOc1ccccc1CNC(=NC)NCCn1cnnc1CC. The fourth-order valence-corrected chi connectivity index (χ4v) is 2.37. The molecule has 0 spiro atoms. The van der Waals surface area contributed by atoms with Crippen LogP contribution in [0.1, 0.15) is 18.3 Å². The first kappa shape index (κ1) is 18.5. The zero-order valence-electron chi connectivity index (χ0n) is 14.9. The minimum absolute atomic E-state index is 0.489. The van der Waals surface area contributed by atoms with Gasteiger partial charge in [-0.2, -0.15) is 0 Å². The molecule has 0 aliphatic rings. The zero-order valence-corrected chi connectivity index (χ0v) is 14.9. The first-order valence-corrected chi connectivity index (χ1v) is 8.41. The van der Waals surface area contributed by atoms with Crippen LogP contribution in [0.3, 0.4) is 0 Å². The maximum atomic E-state index is 5.67. The standard InChI is InChI=1S/C18H26N6O/c1-4-12-25-16-9-7-6-8-15(16)13-21-18(19-3)20-10-11-24-14-22-23-17(24)5-2/h4,6-9,14H,1,5,10-13H2,2-3H3,(H2,19,20,21). The molecule has 0 saturated carbocycles. The van der Waals surface area contributed by atoms with Crippen molar-refractivity contribution in [1.29, 1.82) is 0 Å². The third kappa shape index (κ3) is 5.63. The van der Waals surface area contributed by atoms with Crippen molar-refractivity contribution in [2.24, 2.45) is 4.99 Å². The van der Waals surface area contributed by atoms with E-state index in [9.17, 15) is 0 Å². The summed E-state index contributed by atoms with van der Waals surface area (Å²) in [4.78, 5) is 4.25. The number of para-hydroxylation sites is 1. The van der Waals surface area contributed by atoms with E-state index in [1.54, 1.807) is 19.5 Å². The Labute approximate surface area is 148 Å². The van der Waals surface area contributed by atoms with Gasteiger partial charge >= 0.3 is 0 Å². The number of aliphatic imine (C=N–C) groups is 1. The van der Waals surface area contributed by atoms with E-state index < -0.39 is 0 Å². The van der Waals surface area contributed by atoms with Gasteiger partial charge in [-0.3, -0.25) is 4.99 Å². The van der Waals surface area contributed by atoms with Crippen LogP contribution in [-0.4, -0.2) is 40.9 Å². The number of benzene rings is 1. The van der Waals surface area contributed by atoms with E-state index in [0.717, 1.165) is 42.6 Å². The highest BCUT2D eigenvalue weighted by atomic mass is 16.5. The first-order valence-electron chi connectivity index (χ1n) is 8.41. The molecule has 1 heterocycles. The zero-order chi connectivity index (χ0) is 17.9. The molecule has 1 aromatic heterocycles. The van der Waals surface area contributed by atoms with Crippen LogP contribution < -0.4 is 15.4 Å². The second-order valence-electron chi connectivity index (χ2n) is 5.35. The number of aromatic nitrogens is 3. The Balaban J connectivity index is 1.83. The van der Waals surface area contributed by atoms with E-state index in [1.807, 2.05) is 28.8 Å². The number of rotatable bonds is 9. The van der Waals surface area contributed by atoms with Gasteiger partial charge in [-0.05, 0) is 6.07 Å². The summed E-state index contributed by atoms with van der Waals surface area (Å²) in [6, 6.07) is 7.93. The minimum Gasteiger partial charge on any atom is -0.489 e. The van der Waals surface area contributed by atoms with Crippen LogP contribution >= 0.6 is 0 Å². The Morgan fingerprint density at radius 3 is 2.96 bits per heavy atom. The van der Waals surface area contributed by atoms with Crippen molar-refractivity contribution < 1.29 is 4.74 Å². The Morgan fingerprint density at radius 1 is 1.36 bits per heavy atom. The van der Waals surface area contributed by atoms with Gasteiger partial charge in [0.2, 0.25) is 0 Å². The molecule has 0 atom stereocenters. The summed E-state index contributed by atoms with van der Waals surface area (Å²) in [5, 5.41) is 14.6. The molecule has 1 aromatic carbocycles.